The molecular weight excluding hydrogens is 338 g/mol. The quantitative estimate of drug-likeness (QED) is 0.844. The van der Waals surface area contributed by atoms with Crippen LogP contribution in [0, 0.1) is 20.8 Å². The van der Waals surface area contributed by atoms with Crippen LogP contribution < -0.4 is 14.8 Å². The first-order valence-corrected chi connectivity index (χ1v) is 9.49. The Bertz CT molecular complexity index is 857. The molecule has 0 aromatic heterocycles. The van der Waals surface area contributed by atoms with Crippen molar-refractivity contribution in [3.05, 3.63) is 58.7 Å². The highest BCUT2D eigenvalue weighted by atomic mass is 16.5. The first kappa shape index (κ1) is 19.3. The van der Waals surface area contributed by atoms with Gasteiger partial charge < -0.3 is 14.8 Å². The van der Waals surface area contributed by atoms with Gasteiger partial charge in [0.05, 0.1) is 6.04 Å². The predicted molar refractivity (Wildman–Crippen MR) is 107 cm³/mol. The highest BCUT2D eigenvalue weighted by Crippen LogP contribution is 2.40. The lowest BCUT2D eigenvalue weighted by atomic mass is 9.89. The lowest BCUT2D eigenvalue weighted by molar-refractivity contribution is -0.128. The van der Waals surface area contributed by atoms with Crippen molar-refractivity contribution < 1.29 is 14.3 Å². The average Bonchev–Trinajstić information content (AvgIpc) is 2.57. The Hall–Kier alpha value is -2.49. The van der Waals surface area contributed by atoms with E-state index in [9.17, 15) is 4.79 Å². The van der Waals surface area contributed by atoms with Crippen LogP contribution in [0.2, 0.25) is 0 Å². The zero-order valence-electron chi connectivity index (χ0n) is 17.1. The molecule has 0 radical (unpaired) electrons. The molecule has 4 heteroatoms. The Morgan fingerprint density at radius 2 is 1.96 bits per heavy atom. The maximum Gasteiger partial charge on any atom is 0.261 e. The van der Waals surface area contributed by atoms with Crippen molar-refractivity contribution in [2.24, 2.45) is 0 Å². The highest BCUT2D eigenvalue weighted by molar-refractivity contribution is 5.81. The number of amides is 1. The number of aryl methyl sites for hydroxylation is 2. The molecule has 2 aromatic rings. The van der Waals surface area contributed by atoms with Crippen molar-refractivity contribution in [1.82, 2.24) is 5.32 Å². The normalized spacial score (nSPS) is 18.8. The lowest BCUT2D eigenvalue weighted by Gasteiger charge is -2.38. The van der Waals surface area contributed by atoms with Gasteiger partial charge in [0.1, 0.15) is 17.1 Å². The van der Waals surface area contributed by atoms with E-state index in [1.54, 1.807) is 6.92 Å². The average molecular weight is 367 g/mol. The Labute approximate surface area is 161 Å². The predicted octanol–water partition coefficient (Wildman–Crippen LogP) is 4.80. The van der Waals surface area contributed by atoms with Gasteiger partial charge in [0.15, 0.2) is 6.10 Å². The van der Waals surface area contributed by atoms with Crippen LogP contribution in [0.4, 0.5) is 0 Å². The fourth-order valence-electron chi connectivity index (χ4n) is 3.47. The summed E-state index contributed by atoms with van der Waals surface area (Å²) in [4.78, 5) is 12.8. The number of rotatable bonds is 4. The van der Waals surface area contributed by atoms with Gasteiger partial charge in [-0.15, -0.1) is 0 Å². The standard InChI is InChI=1S/C23H29NO3/c1-14-10-11-18-19(13-23(5,6)27-21(18)12-14)24-22(25)17(4)26-20-9-7-8-15(2)16(20)3/h7-12,17,19H,13H2,1-6H3,(H,24,25)/t17-,19+/m0/s1. The van der Waals surface area contributed by atoms with Crippen LogP contribution in [-0.2, 0) is 4.79 Å². The van der Waals surface area contributed by atoms with Gasteiger partial charge in [-0.05, 0) is 70.4 Å². The fraction of sp³-hybridized carbons (Fsp3) is 0.435. The van der Waals surface area contributed by atoms with E-state index in [2.05, 4.69) is 11.4 Å². The first-order valence-electron chi connectivity index (χ1n) is 9.49. The number of carbonyl (C=O) groups excluding carboxylic acids is 1. The molecule has 0 fully saturated rings. The fourth-order valence-corrected chi connectivity index (χ4v) is 3.47. The second-order valence-electron chi connectivity index (χ2n) is 8.13. The van der Waals surface area contributed by atoms with E-state index in [0.717, 1.165) is 33.8 Å². The number of benzene rings is 2. The number of hydrogen-bond donors (Lipinski definition) is 1. The molecule has 0 spiro atoms. The second kappa shape index (κ2) is 7.26. The molecule has 4 nitrogen and oxygen atoms in total. The molecule has 2 atom stereocenters. The van der Waals surface area contributed by atoms with E-state index >= 15 is 0 Å². The largest absolute Gasteiger partial charge is 0.487 e. The molecular formula is C23H29NO3. The number of carbonyl (C=O) groups is 1. The van der Waals surface area contributed by atoms with Crippen LogP contribution in [0.5, 0.6) is 11.5 Å². The third kappa shape index (κ3) is 4.26. The third-order valence-corrected chi connectivity index (χ3v) is 5.17. The number of fused-ring (bicyclic) bond motifs is 1. The third-order valence-electron chi connectivity index (χ3n) is 5.17. The topological polar surface area (TPSA) is 47.6 Å². The summed E-state index contributed by atoms with van der Waals surface area (Å²) in [5.41, 5.74) is 4.03. The Morgan fingerprint density at radius 1 is 1.22 bits per heavy atom. The van der Waals surface area contributed by atoms with Crippen molar-refractivity contribution in [2.45, 2.75) is 65.7 Å². The number of ether oxygens (including phenoxy) is 2. The van der Waals surface area contributed by atoms with E-state index < -0.39 is 6.10 Å². The van der Waals surface area contributed by atoms with Crippen LogP contribution in [0.3, 0.4) is 0 Å². The zero-order valence-corrected chi connectivity index (χ0v) is 17.1. The molecule has 1 N–H and O–H groups in total. The number of hydrogen-bond acceptors (Lipinski definition) is 3. The van der Waals surface area contributed by atoms with Crippen molar-refractivity contribution in [2.75, 3.05) is 0 Å². The van der Waals surface area contributed by atoms with Crippen LogP contribution >= 0.6 is 0 Å². The van der Waals surface area contributed by atoms with Gasteiger partial charge in [-0.3, -0.25) is 4.79 Å². The summed E-state index contributed by atoms with van der Waals surface area (Å²) in [7, 11) is 0. The lowest BCUT2D eigenvalue weighted by Crippen LogP contribution is -2.44. The minimum absolute atomic E-state index is 0.0958. The summed E-state index contributed by atoms with van der Waals surface area (Å²) >= 11 is 0. The van der Waals surface area contributed by atoms with Crippen LogP contribution in [0.25, 0.3) is 0 Å². The molecule has 1 aliphatic heterocycles. The molecule has 2 aromatic carbocycles. The van der Waals surface area contributed by atoms with Crippen LogP contribution in [0.15, 0.2) is 36.4 Å². The smallest absolute Gasteiger partial charge is 0.261 e. The van der Waals surface area contributed by atoms with E-state index in [1.165, 1.54) is 0 Å². The summed E-state index contributed by atoms with van der Waals surface area (Å²) in [5, 5.41) is 3.16. The minimum atomic E-state index is -0.578. The van der Waals surface area contributed by atoms with Gasteiger partial charge in [-0.2, -0.15) is 0 Å². The molecule has 1 aliphatic rings. The maximum atomic E-state index is 12.8. The van der Waals surface area contributed by atoms with E-state index in [4.69, 9.17) is 9.47 Å². The van der Waals surface area contributed by atoms with Gasteiger partial charge in [-0.25, -0.2) is 0 Å². The summed E-state index contributed by atoms with van der Waals surface area (Å²) in [6, 6.07) is 11.9. The monoisotopic (exact) mass is 367 g/mol. The first-order chi connectivity index (χ1) is 12.7. The molecule has 27 heavy (non-hydrogen) atoms. The Balaban J connectivity index is 1.76. The van der Waals surface area contributed by atoms with Gasteiger partial charge in [0.25, 0.3) is 5.91 Å². The Kier molecular flexibility index (Phi) is 5.18. The van der Waals surface area contributed by atoms with Gasteiger partial charge in [-0.1, -0.05) is 24.3 Å². The molecule has 0 unspecified atom stereocenters. The van der Waals surface area contributed by atoms with Gasteiger partial charge in [0, 0.05) is 12.0 Å². The molecule has 1 amide bonds. The van der Waals surface area contributed by atoms with Crippen molar-refractivity contribution >= 4 is 5.91 Å². The molecule has 0 saturated carbocycles. The van der Waals surface area contributed by atoms with Crippen molar-refractivity contribution in [1.29, 1.82) is 0 Å². The summed E-state index contributed by atoms with van der Waals surface area (Å²) in [6.45, 7) is 12.0. The summed E-state index contributed by atoms with van der Waals surface area (Å²) in [5.74, 6) is 1.48. The van der Waals surface area contributed by atoms with Gasteiger partial charge in [0.2, 0.25) is 0 Å². The van der Waals surface area contributed by atoms with E-state index in [-0.39, 0.29) is 17.6 Å². The summed E-state index contributed by atoms with van der Waals surface area (Å²) < 4.78 is 12.1. The molecule has 144 valence electrons. The summed E-state index contributed by atoms with van der Waals surface area (Å²) in [6.07, 6.45) is 0.135. The zero-order chi connectivity index (χ0) is 19.8. The van der Waals surface area contributed by atoms with E-state index in [0.29, 0.717) is 6.42 Å². The van der Waals surface area contributed by atoms with Crippen LogP contribution in [-0.4, -0.2) is 17.6 Å². The molecule has 3 rings (SSSR count). The second-order valence-corrected chi connectivity index (χ2v) is 8.13. The minimum Gasteiger partial charge on any atom is -0.487 e. The molecule has 0 bridgehead atoms. The maximum absolute atomic E-state index is 12.8. The number of nitrogens with one attached hydrogen (secondary N) is 1. The molecule has 0 saturated heterocycles. The van der Waals surface area contributed by atoms with Crippen molar-refractivity contribution in [3.63, 3.8) is 0 Å². The highest BCUT2D eigenvalue weighted by Gasteiger charge is 2.35. The van der Waals surface area contributed by atoms with Crippen LogP contribution in [0.1, 0.15) is 55.5 Å². The molecule has 1 heterocycles. The van der Waals surface area contributed by atoms with Crippen molar-refractivity contribution in [3.8, 4) is 11.5 Å². The Morgan fingerprint density at radius 3 is 2.70 bits per heavy atom. The molecule has 0 aliphatic carbocycles. The van der Waals surface area contributed by atoms with E-state index in [1.807, 2.05) is 65.0 Å². The SMILES string of the molecule is Cc1ccc2c(c1)OC(C)(C)C[C@H]2NC(=O)[C@H](C)Oc1cccc(C)c1C. The van der Waals surface area contributed by atoms with Gasteiger partial charge >= 0.3 is 0 Å².